The van der Waals surface area contributed by atoms with E-state index in [0.717, 1.165) is 17.9 Å². The maximum absolute atomic E-state index is 12.0. The van der Waals surface area contributed by atoms with Gasteiger partial charge >= 0.3 is 0 Å². The van der Waals surface area contributed by atoms with Gasteiger partial charge in [-0.1, -0.05) is 0 Å². The maximum Gasteiger partial charge on any atom is 0.260 e. The van der Waals surface area contributed by atoms with Crippen molar-refractivity contribution in [3.05, 3.63) is 12.5 Å². The Hall–Kier alpha value is -0.530. The van der Waals surface area contributed by atoms with Crippen molar-refractivity contribution in [2.45, 2.75) is 11.4 Å². The molecule has 1 saturated heterocycles. The highest BCUT2D eigenvalue weighted by Gasteiger charge is 2.26. The molecule has 0 amide bonds. The van der Waals surface area contributed by atoms with Crippen molar-refractivity contribution in [1.82, 2.24) is 14.3 Å². The van der Waals surface area contributed by atoms with Gasteiger partial charge < -0.3 is 4.98 Å². The molecule has 1 N–H and O–H groups in total. The third-order valence-corrected chi connectivity index (χ3v) is 5.14. The molecular weight excluding hydrogens is 234 g/mol. The molecule has 84 valence electrons. The van der Waals surface area contributed by atoms with Crippen LogP contribution in [-0.4, -0.2) is 47.3 Å². The fourth-order valence-corrected chi connectivity index (χ4v) is 3.86. The van der Waals surface area contributed by atoms with Crippen molar-refractivity contribution in [1.29, 1.82) is 0 Å². The topological polar surface area (TPSA) is 66.1 Å². The Bertz CT molecular complexity index is 394. The molecule has 0 radical (unpaired) electrons. The number of H-pyrrole nitrogens is 1. The minimum Gasteiger partial charge on any atom is -0.335 e. The van der Waals surface area contributed by atoms with E-state index in [9.17, 15) is 8.42 Å². The third kappa shape index (κ3) is 2.35. The summed E-state index contributed by atoms with van der Waals surface area (Å²) in [6.45, 7) is 1.19. The van der Waals surface area contributed by atoms with Crippen LogP contribution >= 0.6 is 11.8 Å². The van der Waals surface area contributed by atoms with Gasteiger partial charge in [-0.15, -0.1) is 0 Å². The van der Waals surface area contributed by atoms with Gasteiger partial charge in [0.15, 0.2) is 5.03 Å². The van der Waals surface area contributed by atoms with Crippen LogP contribution in [-0.2, 0) is 10.0 Å². The van der Waals surface area contributed by atoms with Gasteiger partial charge in [0.1, 0.15) is 0 Å². The summed E-state index contributed by atoms with van der Waals surface area (Å²) in [6, 6.07) is 0. The van der Waals surface area contributed by atoms with Crippen molar-refractivity contribution < 1.29 is 8.42 Å². The van der Waals surface area contributed by atoms with E-state index in [2.05, 4.69) is 9.97 Å². The average molecular weight is 247 g/mol. The number of aromatic nitrogens is 2. The van der Waals surface area contributed by atoms with Gasteiger partial charge in [-0.2, -0.15) is 16.1 Å². The normalized spacial score (nSPS) is 20.0. The number of thioether (sulfide) groups is 1. The molecule has 1 aromatic heterocycles. The second-order valence-corrected chi connectivity index (χ2v) is 6.42. The van der Waals surface area contributed by atoms with Crippen molar-refractivity contribution in [2.75, 3.05) is 24.6 Å². The lowest BCUT2D eigenvalue weighted by molar-refractivity contribution is 0.433. The molecule has 2 rings (SSSR count). The summed E-state index contributed by atoms with van der Waals surface area (Å²) in [5, 5.41) is 0.189. The highest BCUT2D eigenvalue weighted by atomic mass is 32.2. The maximum atomic E-state index is 12.0. The van der Waals surface area contributed by atoms with Gasteiger partial charge in [-0.05, 0) is 12.2 Å². The molecule has 1 aliphatic heterocycles. The van der Waals surface area contributed by atoms with Gasteiger partial charge in [0.05, 0.1) is 12.5 Å². The summed E-state index contributed by atoms with van der Waals surface area (Å²) >= 11 is 1.80. The number of hydrogen-bond donors (Lipinski definition) is 1. The Labute approximate surface area is 93.3 Å². The number of nitrogens with zero attached hydrogens (tertiary/aromatic N) is 2. The molecule has 15 heavy (non-hydrogen) atoms. The van der Waals surface area contributed by atoms with E-state index in [1.54, 1.807) is 11.8 Å². The number of imidazole rings is 1. The standard InChI is InChI=1S/C8H13N3O2S2/c12-15(13,8-6-9-7-10-8)11-2-1-4-14-5-3-11/h6-7H,1-5H2,(H,9,10). The number of nitrogens with one attached hydrogen (secondary N) is 1. The summed E-state index contributed by atoms with van der Waals surface area (Å²) in [5.74, 6) is 1.91. The molecule has 0 unspecified atom stereocenters. The minimum atomic E-state index is -3.34. The second-order valence-electron chi connectivity index (χ2n) is 3.29. The molecular formula is C8H13N3O2S2. The summed E-state index contributed by atoms with van der Waals surface area (Å²) in [5.41, 5.74) is 0. The van der Waals surface area contributed by atoms with Crippen LogP contribution in [0.5, 0.6) is 0 Å². The first-order valence-corrected chi connectivity index (χ1v) is 7.37. The molecule has 0 bridgehead atoms. The van der Waals surface area contributed by atoms with Gasteiger partial charge in [-0.25, -0.2) is 13.4 Å². The summed E-state index contributed by atoms with van der Waals surface area (Å²) in [4.78, 5) is 6.39. The van der Waals surface area contributed by atoms with Crippen molar-refractivity contribution in [2.24, 2.45) is 0 Å². The zero-order valence-electron chi connectivity index (χ0n) is 8.22. The molecule has 0 aliphatic carbocycles. The average Bonchev–Trinajstić information content (AvgIpc) is 2.61. The van der Waals surface area contributed by atoms with E-state index in [-0.39, 0.29) is 5.03 Å². The molecule has 0 atom stereocenters. The third-order valence-electron chi connectivity index (χ3n) is 2.27. The van der Waals surface area contributed by atoms with Gasteiger partial charge in [0.2, 0.25) is 0 Å². The fourth-order valence-electron chi connectivity index (χ4n) is 1.49. The smallest absolute Gasteiger partial charge is 0.260 e. The molecule has 1 aliphatic rings. The number of aromatic amines is 1. The van der Waals surface area contributed by atoms with Gasteiger partial charge in [-0.3, -0.25) is 0 Å². The molecule has 7 heteroatoms. The van der Waals surface area contributed by atoms with Crippen LogP contribution in [0.3, 0.4) is 0 Å². The summed E-state index contributed by atoms with van der Waals surface area (Å²) in [6.07, 6.45) is 3.66. The van der Waals surface area contributed by atoms with Gasteiger partial charge in [0, 0.05) is 18.8 Å². The molecule has 2 heterocycles. The Kier molecular flexibility index (Phi) is 3.32. The highest BCUT2D eigenvalue weighted by Crippen LogP contribution is 2.17. The number of rotatable bonds is 2. The Morgan fingerprint density at radius 3 is 3.00 bits per heavy atom. The first-order chi connectivity index (χ1) is 7.21. The SMILES string of the molecule is O=S(=O)(c1cnc[nH]1)N1CCCSCC1. The van der Waals surface area contributed by atoms with E-state index in [0.29, 0.717) is 13.1 Å². The van der Waals surface area contributed by atoms with E-state index < -0.39 is 10.0 Å². The summed E-state index contributed by atoms with van der Waals surface area (Å²) < 4.78 is 25.6. The van der Waals surface area contributed by atoms with Crippen LogP contribution in [0.1, 0.15) is 6.42 Å². The Morgan fingerprint density at radius 2 is 2.27 bits per heavy atom. The van der Waals surface area contributed by atoms with Crippen LogP contribution in [0, 0.1) is 0 Å². The number of hydrogen-bond acceptors (Lipinski definition) is 4. The van der Waals surface area contributed by atoms with E-state index in [4.69, 9.17) is 0 Å². The molecule has 5 nitrogen and oxygen atoms in total. The lowest BCUT2D eigenvalue weighted by Crippen LogP contribution is -2.33. The molecule has 1 fully saturated rings. The highest BCUT2D eigenvalue weighted by molar-refractivity contribution is 7.99. The zero-order chi connectivity index (χ0) is 10.7. The van der Waals surface area contributed by atoms with Crippen molar-refractivity contribution in [3.63, 3.8) is 0 Å². The Morgan fingerprint density at radius 1 is 1.40 bits per heavy atom. The molecule has 0 spiro atoms. The number of sulfonamides is 1. The summed E-state index contributed by atoms with van der Waals surface area (Å²) in [7, 11) is -3.34. The first kappa shape index (κ1) is 11.0. The van der Waals surface area contributed by atoms with Crippen LogP contribution in [0.15, 0.2) is 17.6 Å². The monoisotopic (exact) mass is 247 g/mol. The first-order valence-electron chi connectivity index (χ1n) is 4.77. The molecule has 1 aromatic rings. The molecule has 0 aromatic carbocycles. The fraction of sp³-hybridized carbons (Fsp3) is 0.625. The predicted octanol–water partition coefficient (Wildman–Crippen LogP) is 0.537. The lowest BCUT2D eigenvalue weighted by atomic mass is 10.5. The molecule has 0 saturated carbocycles. The zero-order valence-corrected chi connectivity index (χ0v) is 9.85. The predicted molar refractivity (Wildman–Crippen MR) is 59.3 cm³/mol. The van der Waals surface area contributed by atoms with Crippen LogP contribution in [0.4, 0.5) is 0 Å². The quantitative estimate of drug-likeness (QED) is 0.828. The van der Waals surface area contributed by atoms with E-state index in [1.165, 1.54) is 16.8 Å². The lowest BCUT2D eigenvalue weighted by Gasteiger charge is -2.17. The van der Waals surface area contributed by atoms with Crippen molar-refractivity contribution >= 4 is 21.8 Å². The van der Waals surface area contributed by atoms with Gasteiger partial charge in [0.25, 0.3) is 10.0 Å². The van der Waals surface area contributed by atoms with Crippen LogP contribution in [0.25, 0.3) is 0 Å². The van der Waals surface area contributed by atoms with Crippen molar-refractivity contribution in [3.8, 4) is 0 Å². The van der Waals surface area contributed by atoms with Crippen LogP contribution in [0.2, 0.25) is 0 Å². The van der Waals surface area contributed by atoms with E-state index in [1.807, 2.05) is 0 Å². The minimum absolute atomic E-state index is 0.189. The Balaban J connectivity index is 2.21. The van der Waals surface area contributed by atoms with E-state index >= 15 is 0 Å². The largest absolute Gasteiger partial charge is 0.335 e. The van der Waals surface area contributed by atoms with Crippen LogP contribution < -0.4 is 0 Å². The second kappa shape index (κ2) is 4.54.